The average molecular weight is 307 g/mol. The highest BCUT2D eigenvalue weighted by Gasteiger charge is 2.28. The molecule has 0 fully saturated rings. The van der Waals surface area contributed by atoms with Crippen LogP contribution < -0.4 is 0 Å². The molecule has 1 atom stereocenters. The fourth-order valence-electron chi connectivity index (χ4n) is 2.46. The Morgan fingerprint density at radius 1 is 1.30 bits per heavy atom. The molecule has 0 N–H and O–H groups in total. The molecule has 0 amide bonds. The minimum atomic E-state index is -0.574. The number of ether oxygens (including phenoxy) is 1. The first-order valence-electron chi connectivity index (χ1n) is 7.58. The molecule has 23 heavy (non-hydrogen) atoms. The van der Waals surface area contributed by atoms with Crippen LogP contribution in [0.25, 0.3) is 0 Å². The summed E-state index contributed by atoms with van der Waals surface area (Å²) in [5.41, 5.74) is 3.40. The normalized spacial score (nSPS) is 21.4. The lowest BCUT2D eigenvalue weighted by Crippen LogP contribution is -2.31. The maximum atomic E-state index is 12.3. The number of allylic oxidation sites excluding steroid dienone is 3. The highest BCUT2D eigenvalue weighted by atomic mass is 16.5. The lowest BCUT2D eigenvalue weighted by atomic mass is 10.0. The molecule has 4 heteroatoms. The Hall–Kier alpha value is -2.75. The average Bonchev–Trinajstić information content (AvgIpc) is 2.56. The zero-order chi connectivity index (χ0) is 16.4. The smallest absolute Gasteiger partial charge is 0.358 e. The molecule has 0 saturated heterocycles. The number of fused-ring (bicyclic) bond motifs is 1. The highest BCUT2D eigenvalue weighted by Crippen LogP contribution is 2.20. The Labute approximate surface area is 134 Å². The summed E-state index contributed by atoms with van der Waals surface area (Å²) in [7, 11) is 0. The molecule has 116 valence electrons. The third kappa shape index (κ3) is 3.21. The Balaban J connectivity index is 1.88. The summed E-state index contributed by atoms with van der Waals surface area (Å²) < 4.78 is 5.30. The molecule has 1 unspecified atom stereocenters. The first kappa shape index (κ1) is 15.2. The molecule has 0 saturated carbocycles. The lowest BCUT2D eigenvalue weighted by Gasteiger charge is -2.22. The molecule has 0 spiro atoms. The van der Waals surface area contributed by atoms with Gasteiger partial charge in [0.25, 0.3) is 0 Å². The highest BCUT2D eigenvalue weighted by molar-refractivity contribution is 6.13. The van der Waals surface area contributed by atoms with Crippen molar-refractivity contribution < 1.29 is 14.3 Å². The number of hydrogen-bond acceptors (Lipinski definition) is 4. The summed E-state index contributed by atoms with van der Waals surface area (Å²) in [4.78, 5) is 28.6. The van der Waals surface area contributed by atoms with Crippen molar-refractivity contribution >= 4 is 17.5 Å². The van der Waals surface area contributed by atoms with Gasteiger partial charge in [-0.05, 0) is 36.6 Å². The van der Waals surface area contributed by atoms with E-state index in [4.69, 9.17) is 4.74 Å². The van der Waals surface area contributed by atoms with Gasteiger partial charge in [-0.25, -0.2) is 9.79 Å². The number of carbonyl (C=O) groups excluding carboxylic acids is 2. The predicted molar refractivity (Wildman–Crippen MR) is 88.4 cm³/mol. The summed E-state index contributed by atoms with van der Waals surface area (Å²) >= 11 is 0. The SMILES string of the molecule is CCc1ccc(C(=O)/C=C2/N=C3C=C(C)C=CC3OC2=O)cc1. The van der Waals surface area contributed by atoms with Crippen molar-refractivity contribution in [3.63, 3.8) is 0 Å². The van der Waals surface area contributed by atoms with Crippen molar-refractivity contribution in [1.29, 1.82) is 0 Å². The molecular formula is C19H17NO3. The van der Waals surface area contributed by atoms with Crippen molar-refractivity contribution in [2.45, 2.75) is 26.4 Å². The summed E-state index contributed by atoms with van der Waals surface area (Å²) in [6, 6.07) is 7.33. The number of benzene rings is 1. The molecule has 1 aliphatic carbocycles. The van der Waals surface area contributed by atoms with Gasteiger partial charge in [-0.15, -0.1) is 0 Å². The standard InChI is InChI=1S/C19H17NO3/c1-3-13-5-7-14(8-6-13)17(21)11-16-19(22)23-18-9-4-12(2)10-15(18)20-16/h4-11,18H,3H2,1-2H3/b16-11+. The molecular weight excluding hydrogens is 290 g/mol. The Bertz CT molecular complexity index is 779. The van der Waals surface area contributed by atoms with Crippen molar-refractivity contribution in [3.8, 4) is 0 Å². The second kappa shape index (κ2) is 6.16. The summed E-state index contributed by atoms with van der Waals surface area (Å²) in [5.74, 6) is -0.829. The van der Waals surface area contributed by atoms with Gasteiger partial charge in [-0.3, -0.25) is 4.79 Å². The van der Waals surface area contributed by atoms with Gasteiger partial charge in [0.2, 0.25) is 0 Å². The van der Waals surface area contributed by atoms with Gasteiger partial charge in [0, 0.05) is 11.6 Å². The number of hydrogen-bond donors (Lipinski definition) is 0. The topological polar surface area (TPSA) is 55.7 Å². The molecule has 2 aliphatic rings. The van der Waals surface area contributed by atoms with Crippen LogP contribution in [-0.2, 0) is 16.0 Å². The van der Waals surface area contributed by atoms with Crippen LogP contribution in [0.15, 0.2) is 64.8 Å². The molecule has 3 rings (SSSR count). The van der Waals surface area contributed by atoms with Crippen molar-refractivity contribution in [3.05, 3.63) is 71.0 Å². The lowest BCUT2D eigenvalue weighted by molar-refractivity contribution is -0.140. The zero-order valence-corrected chi connectivity index (χ0v) is 13.1. The number of nitrogens with zero attached hydrogens (tertiary/aromatic N) is 1. The molecule has 0 aromatic heterocycles. The molecule has 1 aliphatic heterocycles. The maximum Gasteiger partial charge on any atom is 0.358 e. The van der Waals surface area contributed by atoms with E-state index in [-0.39, 0.29) is 11.5 Å². The number of aryl methyl sites for hydroxylation is 1. The van der Waals surface area contributed by atoms with E-state index in [1.165, 1.54) is 6.08 Å². The zero-order valence-electron chi connectivity index (χ0n) is 13.1. The van der Waals surface area contributed by atoms with Gasteiger partial charge in [-0.2, -0.15) is 0 Å². The van der Waals surface area contributed by atoms with E-state index in [9.17, 15) is 9.59 Å². The second-order valence-electron chi connectivity index (χ2n) is 5.55. The third-order valence-corrected chi connectivity index (χ3v) is 3.81. The van der Waals surface area contributed by atoms with E-state index in [1.54, 1.807) is 18.2 Å². The minimum Gasteiger partial charge on any atom is -0.447 e. The predicted octanol–water partition coefficient (Wildman–Crippen LogP) is 3.20. The van der Waals surface area contributed by atoms with Crippen LogP contribution in [0.3, 0.4) is 0 Å². The van der Waals surface area contributed by atoms with E-state index in [0.29, 0.717) is 11.3 Å². The molecule has 0 radical (unpaired) electrons. The van der Waals surface area contributed by atoms with Gasteiger partial charge in [0.1, 0.15) is 0 Å². The molecule has 0 bridgehead atoms. The van der Waals surface area contributed by atoms with Gasteiger partial charge in [0.15, 0.2) is 17.6 Å². The number of aliphatic imine (C=N–C) groups is 1. The number of carbonyl (C=O) groups is 2. The minimum absolute atomic E-state index is 0.0418. The fraction of sp³-hybridized carbons (Fsp3) is 0.211. The number of rotatable bonds is 3. The van der Waals surface area contributed by atoms with E-state index in [2.05, 4.69) is 11.9 Å². The van der Waals surface area contributed by atoms with Crippen LogP contribution in [0.4, 0.5) is 0 Å². The molecule has 4 nitrogen and oxygen atoms in total. The van der Waals surface area contributed by atoms with E-state index >= 15 is 0 Å². The monoisotopic (exact) mass is 307 g/mol. The largest absolute Gasteiger partial charge is 0.447 e. The van der Waals surface area contributed by atoms with Gasteiger partial charge >= 0.3 is 5.97 Å². The van der Waals surface area contributed by atoms with Crippen LogP contribution in [-0.4, -0.2) is 23.6 Å². The van der Waals surface area contributed by atoms with Gasteiger partial charge in [-0.1, -0.05) is 37.3 Å². The van der Waals surface area contributed by atoms with Crippen LogP contribution >= 0.6 is 0 Å². The van der Waals surface area contributed by atoms with Crippen molar-refractivity contribution in [2.75, 3.05) is 0 Å². The maximum absolute atomic E-state index is 12.3. The van der Waals surface area contributed by atoms with E-state index < -0.39 is 12.1 Å². The van der Waals surface area contributed by atoms with Gasteiger partial charge in [0.05, 0.1) is 5.71 Å². The number of ketones is 1. The molecule has 1 heterocycles. The third-order valence-electron chi connectivity index (χ3n) is 3.81. The van der Waals surface area contributed by atoms with Gasteiger partial charge < -0.3 is 4.74 Å². The van der Waals surface area contributed by atoms with E-state index in [0.717, 1.165) is 17.6 Å². The van der Waals surface area contributed by atoms with Crippen molar-refractivity contribution in [1.82, 2.24) is 0 Å². The molecule has 1 aromatic carbocycles. The Kier molecular flexibility index (Phi) is 4.06. The Morgan fingerprint density at radius 2 is 2.04 bits per heavy atom. The summed E-state index contributed by atoms with van der Waals surface area (Å²) in [5, 5.41) is 0. The van der Waals surface area contributed by atoms with Crippen LogP contribution in [0.5, 0.6) is 0 Å². The van der Waals surface area contributed by atoms with Crippen LogP contribution in [0, 0.1) is 0 Å². The Morgan fingerprint density at radius 3 is 2.74 bits per heavy atom. The first-order chi connectivity index (χ1) is 11.1. The van der Waals surface area contributed by atoms with E-state index in [1.807, 2.05) is 31.2 Å². The number of esters is 1. The second-order valence-corrected chi connectivity index (χ2v) is 5.55. The first-order valence-corrected chi connectivity index (χ1v) is 7.58. The van der Waals surface area contributed by atoms with Crippen LogP contribution in [0.2, 0.25) is 0 Å². The quantitative estimate of drug-likeness (QED) is 0.489. The molecule has 1 aromatic rings. The summed E-state index contributed by atoms with van der Waals surface area (Å²) in [6.07, 6.45) is 7.22. The fourth-order valence-corrected chi connectivity index (χ4v) is 2.46. The van der Waals surface area contributed by atoms with Crippen molar-refractivity contribution in [2.24, 2.45) is 4.99 Å². The summed E-state index contributed by atoms with van der Waals surface area (Å²) in [6.45, 7) is 3.99. The van der Waals surface area contributed by atoms with Crippen LogP contribution in [0.1, 0.15) is 29.8 Å².